The van der Waals surface area contributed by atoms with Crippen molar-refractivity contribution in [2.45, 2.75) is 64.5 Å². The van der Waals surface area contributed by atoms with Crippen molar-refractivity contribution in [2.24, 2.45) is 5.92 Å². The SMILES string of the molecule is CC(=O)N1CC[C@@H](CN(C)[C@@H](C)c2nnnn2C2CCCCC2)C1. The van der Waals surface area contributed by atoms with Crippen LogP contribution in [0.3, 0.4) is 0 Å². The molecule has 0 radical (unpaired) electrons. The van der Waals surface area contributed by atoms with Crippen LogP contribution in [0.5, 0.6) is 0 Å². The summed E-state index contributed by atoms with van der Waals surface area (Å²) in [6.07, 6.45) is 7.34. The van der Waals surface area contributed by atoms with Gasteiger partial charge in [-0.1, -0.05) is 19.3 Å². The minimum atomic E-state index is 0.188. The van der Waals surface area contributed by atoms with Gasteiger partial charge in [-0.05, 0) is 49.6 Å². The maximum atomic E-state index is 11.5. The molecule has 1 aliphatic carbocycles. The molecule has 7 heteroatoms. The van der Waals surface area contributed by atoms with Crippen molar-refractivity contribution in [3.05, 3.63) is 5.82 Å². The quantitative estimate of drug-likeness (QED) is 0.824. The first-order valence-electron chi connectivity index (χ1n) is 9.29. The molecule has 3 rings (SSSR count). The van der Waals surface area contributed by atoms with Crippen molar-refractivity contribution in [3.8, 4) is 0 Å². The summed E-state index contributed by atoms with van der Waals surface area (Å²) in [6.45, 7) is 6.58. The molecule has 0 aromatic carbocycles. The first-order valence-corrected chi connectivity index (χ1v) is 9.29. The number of aromatic nitrogens is 4. The van der Waals surface area contributed by atoms with Crippen LogP contribution in [0.1, 0.15) is 70.3 Å². The summed E-state index contributed by atoms with van der Waals surface area (Å²) in [5, 5.41) is 12.6. The molecule has 0 spiro atoms. The third kappa shape index (κ3) is 3.77. The maximum Gasteiger partial charge on any atom is 0.219 e. The zero-order valence-electron chi connectivity index (χ0n) is 15.2. The third-order valence-electron chi connectivity index (χ3n) is 5.75. The molecular formula is C17H30N6O. The number of amides is 1. The number of carbonyl (C=O) groups excluding carboxylic acids is 1. The average molecular weight is 334 g/mol. The lowest BCUT2D eigenvalue weighted by molar-refractivity contribution is -0.127. The molecule has 0 N–H and O–H groups in total. The highest BCUT2D eigenvalue weighted by Crippen LogP contribution is 2.30. The molecule has 2 heterocycles. The summed E-state index contributed by atoms with van der Waals surface area (Å²) in [6, 6.07) is 0.646. The summed E-state index contributed by atoms with van der Waals surface area (Å²) in [4.78, 5) is 15.8. The van der Waals surface area contributed by atoms with Gasteiger partial charge < -0.3 is 4.90 Å². The lowest BCUT2D eigenvalue weighted by Gasteiger charge is -2.29. The van der Waals surface area contributed by atoms with Crippen LogP contribution < -0.4 is 0 Å². The van der Waals surface area contributed by atoms with Crippen LogP contribution in [-0.2, 0) is 4.79 Å². The monoisotopic (exact) mass is 334 g/mol. The van der Waals surface area contributed by atoms with Gasteiger partial charge in [-0.25, -0.2) is 4.68 Å². The van der Waals surface area contributed by atoms with Crippen LogP contribution in [0.2, 0.25) is 0 Å². The number of carbonyl (C=O) groups is 1. The first-order chi connectivity index (χ1) is 11.6. The van der Waals surface area contributed by atoms with Crippen molar-refractivity contribution in [1.29, 1.82) is 0 Å². The van der Waals surface area contributed by atoms with Crippen molar-refractivity contribution in [2.75, 3.05) is 26.7 Å². The van der Waals surface area contributed by atoms with Crippen LogP contribution >= 0.6 is 0 Å². The van der Waals surface area contributed by atoms with Crippen LogP contribution in [0, 0.1) is 5.92 Å². The number of likely N-dealkylation sites (tertiary alicyclic amines) is 1. The smallest absolute Gasteiger partial charge is 0.219 e. The Bertz CT molecular complexity index is 553. The summed E-state index contributed by atoms with van der Waals surface area (Å²) in [5.41, 5.74) is 0. The molecular weight excluding hydrogens is 304 g/mol. The van der Waals surface area contributed by atoms with Crippen molar-refractivity contribution in [3.63, 3.8) is 0 Å². The highest BCUT2D eigenvalue weighted by Gasteiger charge is 2.29. The van der Waals surface area contributed by atoms with E-state index in [9.17, 15) is 4.79 Å². The standard InChI is InChI=1S/C17H30N6O/c1-13(21(3)11-15-9-10-22(12-15)14(2)24)17-18-19-20-23(17)16-7-5-4-6-8-16/h13,15-16H,4-12H2,1-3H3/t13-,15-/m0/s1. The number of nitrogens with zero attached hydrogens (tertiary/aromatic N) is 6. The third-order valence-corrected chi connectivity index (χ3v) is 5.75. The van der Waals surface area contributed by atoms with Crippen molar-refractivity contribution < 1.29 is 4.79 Å². The van der Waals surface area contributed by atoms with Crippen LogP contribution in [0.4, 0.5) is 0 Å². The zero-order chi connectivity index (χ0) is 17.1. The van der Waals surface area contributed by atoms with E-state index < -0.39 is 0 Å². The van der Waals surface area contributed by atoms with E-state index in [2.05, 4.69) is 39.1 Å². The van der Waals surface area contributed by atoms with Gasteiger partial charge in [0.15, 0.2) is 5.82 Å². The van der Waals surface area contributed by atoms with Gasteiger partial charge in [0.2, 0.25) is 5.91 Å². The van der Waals surface area contributed by atoms with Gasteiger partial charge in [0.05, 0.1) is 12.1 Å². The molecule has 1 saturated heterocycles. The number of tetrazole rings is 1. The van der Waals surface area contributed by atoms with Gasteiger partial charge in [0.25, 0.3) is 0 Å². The summed E-state index contributed by atoms with van der Waals surface area (Å²) in [5.74, 6) is 1.71. The second kappa shape index (κ2) is 7.59. The van der Waals surface area contributed by atoms with Gasteiger partial charge in [-0.2, -0.15) is 0 Å². The predicted molar refractivity (Wildman–Crippen MR) is 91.3 cm³/mol. The molecule has 2 fully saturated rings. The van der Waals surface area contributed by atoms with E-state index in [4.69, 9.17) is 0 Å². The topological polar surface area (TPSA) is 67.2 Å². The summed E-state index contributed by atoms with van der Waals surface area (Å²) in [7, 11) is 2.14. The molecule has 1 aromatic heterocycles. The zero-order valence-corrected chi connectivity index (χ0v) is 15.2. The van der Waals surface area contributed by atoms with E-state index in [1.54, 1.807) is 6.92 Å². The Kier molecular flexibility index (Phi) is 5.48. The fourth-order valence-electron chi connectivity index (χ4n) is 4.09. The van der Waals surface area contributed by atoms with Crippen LogP contribution in [-0.4, -0.2) is 62.6 Å². The average Bonchev–Trinajstić information content (AvgIpc) is 3.24. The lowest BCUT2D eigenvalue weighted by Crippen LogP contribution is -2.33. The Labute approximate surface area is 144 Å². The highest BCUT2D eigenvalue weighted by molar-refractivity contribution is 5.73. The van der Waals surface area contributed by atoms with E-state index >= 15 is 0 Å². The molecule has 7 nitrogen and oxygen atoms in total. The lowest BCUT2D eigenvalue weighted by atomic mass is 9.95. The Morgan fingerprint density at radius 2 is 2.04 bits per heavy atom. The van der Waals surface area contributed by atoms with Gasteiger partial charge in [-0.3, -0.25) is 9.69 Å². The van der Waals surface area contributed by atoms with Gasteiger partial charge in [-0.15, -0.1) is 5.10 Å². The molecule has 134 valence electrons. The van der Waals surface area contributed by atoms with E-state index in [0.717, 1.165) is 31.9 Å². The highest BCUT2D eigenvalue weighted by atomic mass is 16.2. The molecule has 1 saturated carbocycles. The Morgan fingerprint density at radius 3 is 2.71 bits per heavy atom. The summed E-state index contributed by atoms with van der Waals surface area (Å²) < 4.78 is 2.07. The minimum Gasteiger partial charge on any atom is -0.343 e. The normalized spacial score (nSPS) is 23.8. The fraction of sp³-hybridized carbons (Fsp3) is 0.882. The van der Waals surface area contributed by atoms with Crippen molar-refractivity contribution in [1.82, 2.24) is 30.0 Å². The van der Waals surface area contributed by atoms with Crippen LogP contribution in [0.25, 0.3) is 0 Å². The molecule has 0 bridgehead atoms. The predicted octanol–water partition coefficient (Wildman–Crippen LogP) is 2.04. The number of rotatable bonds is 5. The van der Waals surface area contributed by atoms with E-state index in [0.29, 0.717) is 12.0 Å². The van der Waals surface area contributed by atoms with Gasteiger partial charge in [0, 0.05) is 26.6 Å². The second-order valence-electron chi connectivity index (χ2n) is 7.51. The Hall–Kier alpha value is -1.50. The second-order valence-corrected chi connectivity index (χ2v) is 7.51. The van der Waals surface area contributed by atoms with E-state index in [1.165, 1.54) is 32.1 Å². The first kappa shape index (κ1) is 17.3. The molecule has 1 aliphatic heterocycles. The number of hydrogen-bond acceptors (Lipinski definition) is 5. The molecule has 2 atom stereocenters. The largest absolute Gasteiger partial charge is 0.343 e. The number of hydrogen-bond donors (Lipinski definition) is 0. The van der Waals surface area contributed by atoms with E-state index in [1.807, 2.05) is 4.90 Å². The molecule has 24 heavy (non-hydrogen) atoms. The summed E-state index contributed by atoms with van der Waals surface area (Å²) >= 11 is 0. The molecule has 0 unspecified atom stereocenters. The van der Waals surface area contributed by atoms with Crippen molar-refractivity contribution >= 4 is 5.91 Å². The van der Waals surface area contributed by atoms with Gasteiger partial charge in [0.1, 0.15) is 0 Å². The molecule has 1 amide bonds. The minimum absolute atomic E-state index is 0.188. The fourth-order valence-corrected chi connectivity index (χ4v) is 4.09. The maximum absolute atomic E-state index is 11.5. The van der Waals surface area contributed by atoms with E-state index in [-0.39, 0.29) is 11.9 Å². The molecule has 2 aliphatic rings. The Balaban J connectivity index is 1.61. The molecule has 1 aromatic rings. The Morgan fingerprint density at radius 1 is 1.29 bits per heavy atom. The van der Waals surface area contributed by atoms with Gasteiger partial charge >= 0.3 is 0 Å². The van der Waals surface area contributed by atoms with Crippen LogP contribution in [0.15, 0.2) is 0 Å².